The molecule has 0 amide bonds. The van der Waals surface area contributed by atoms with Gasteiger partial charge in [-0.15, -0.1) is 0 Å². The lowest BCUT2D eigenvalue weighted by atomic mass is 9.84. The summed E-state index contributed by atoms with van der Waals surface area (Å²) in [5.74, 6) is -0.921. The molecule has 0 unspecified atom stereocenters. The summed E-state index contributed by atoms with van der Waals surface area (Å²) in [7, 11) is 0. The van der Waals surface area contributed by atoms with Crippen molar-refractivity contribution in [2.75, 3.05) is 13.2 Å². The highest BCUT2D eigenvalue weighted by atomic mass is 19.1. The SMILES string of the molecule is C/C=C(\C)C(=O)OC[C@H]1[C@@H](Cc2ccc(F)cc2)CO[C@@H]1c1ccc(F)cc1. The van der Waals surface area contributed by atoms with Crippen LogP contribution in [0.15, 0.2) is 60.2 Å². The molecule has 5 heteroatoms. The molecule has 148 valence electrons. The van der Waals surface area contributed by atoms with E-state index in [-0.39, 0.29) is 42.2 Å². The van der Waals surface area contributed by atoms with Crippen LogP contribution in [0.3, 0.4) is 0 Å². The average molecular weight is 386 g/mol. The largest absolute Gasteiger partial charge is 0.462 e. The second kappa shape index (κ2) is 9.11. The van der Waals surface area contributed by atoms with E-state index in [1.54, 1.807) is 44.2 Å². The van der Waals surface area contributed by atoms with Crippen LogP contribution < -0.4 is 0 Å². The van der Waals surface area contributed by atoms with E-state index >= 15 is 0 Å². The van der Waals surface area contributed by atoms with Crippen molar-refractivity contribution in [3.8, 4) is 0 Å². The van der Waals surface area contributed by atoms with Gasteiger partial charge in [0.1, 0.15) is 11.6 Å². The van der Waals surface area contributed by atoms with E-state index in [9.17, 15) is 13.6 Å². The lowest BCUT2D eigenvalue weighted by Crippen LogP contribution is -2.24. The number of halogens is 2. The Kier molecular flexibility index (Phi) is 6.57. The molecule has 1 aliphatic heterocycles. The molecule has 0 radical (unpaired) electrons. The number of rotatable bonds is 6. The first-order valence-corrected chi connectivity index (χ1v) is 9.39. The van der Waals surface area contributed by atoms with Gasteiger partial charge >= 0.3 is 5.97 Å². The zero-order valence-corrected chi connectivity index (χ0v) is 16.0. The summed E-state index contributed by atoms with van der Waals surface area (Å²) in [5, 5.41) is 0. The highest BCUT2D eigenvalue weighted by Gasteiger charge is 2.39. The van der Waals surface area contributed by atoms with Crippen LogP contribution in [0, 0.1) is 23.5 Å². The standard InChI is InChI=1S/C23H24F2O3/c1-3-15(2)23(26)28-14-21-18(12-16-4-8-19(24)9-5-16)13-27-22(21)17-6-10-20(25)11-7-17/h3-11,18,21-22H,12-14H2,1-2H3/b15-3+/t18-,21-,22+/m0/s1. The van der Waals surface area contributed by atoms with Crippen LogP contribution in [-0.2, 0) is 20.7 Å². The molecular weight excluding hydrogens is 362 g/mol. The van der Waals surface area contributed by atoms with Crippen molar-refractivity contribution in [2.24, 2.45) is 11.8 Å². The van der Waals surface area contributed by atoms with Gasteiger partial charge in [-0.25, -0.2) is 13.6 Å². The molecule has 28 heavy (non-hydrogen) atoms. The Morgan fingerprint density at radius 2 is 1.71 bits per heavy atom. The number of carbonyl (C=O) groups is 1. The van der Waals surface area contributed by atoms with E-state index in [1.807, 2.05) is 0 Å². The van der Waals surface area contributed by atoms with E-state index in [2.05, 4.69) is 0 Å². The van der Waals surface area contributed by atoms with Crippen molar-refractivity contribution in [2.45, 2.75) is 26.4 Å². The van der Waals surface area contributed by atoms with Gasteiger partial charge in [0.2, 0.25) is 0 Å². The van der Waals surface area contributed by atoms with Gasteiger partial charge in [0.25, 0.3) is 0 Å². The number of hydrogen-bond acceptors (Lipinski definition) is 3. The normalized spacial score (nSPS) is 22.3. The Balaban J connectivity index is 1.78. The molecular formula is C23H24F2O3. The third-order valence-electron chi connectivity index (χ3n) is 5.26. The predicted molar refractivity (Wildman–Crippen MR) is 103 cm³/mol. The van der Waals surface area contributed by atoms with E-state index in [4.69, 9.17) is 9.47 Å². The van der Waals surface area contributed by atoms with Crippen LogP contribution >= 0.6 is 0 Å². The zero-order chi connectivity index (χ0) is 20.1. The third-order valence-corrected chi connectivity index (χ3v) is 5.26. The maximum absolute atomic E-state index is 13.3. The number of esters is 1. The molecule has 2 aromatic rings. The summed E-state index contributed by atoms with van der Waals surface area (Å²) in [6.07, 6.45) is 2.11. The number of allylic oxidation sites excluding steroid dienone is 1. The van der Waals surface area contributed by atoms with Crippen molar-refractivity contribution < 1.29 is 23.0 Å². The van der Waals surface area contributed by atoms with Gasteiger partial charge < -0.3 is 9.47 Å². The predicted octanol–water partition coefficient (Wildman–Crippen LogP) is 5.02. The quantitative estimate of drug-likeness (QED) is 0.517. The zero-order valence-electron chi connectivity index (χ0n) is 16.0. The molecule has 2 aromatic carbocycles. The Hall–Kier alpha value is -2.53. The molecule has 0 N–H and O–H groups in total. The Morgan fingerprint density at radius 3 is 2.32 bits per heavy atom. The van der Waals surface area contributed by atoms with Gasteiger partial charge in [0.15, 0.2) is 0 Å². The van der Waals surface area contributed by atoms with Gasteiger partial charge in [0, 0.05) is 11.5 Å². The number of ether oxygens (including phenoxy) is 2. The molecule has 0 aliphatic carbocycles. The first-order valence-electron chi connectivity index (χ1n) is 9.39. The first kappa shape index (κ1) is 20.2. The minimum atomic E-state index is -0.354. The van der Waals surface area contributed by atoms with E-state index in [0.717, 1.165) is 11.1 Å². The molecule has 0 bridgehead atoms. The molecule has 3 nitrogen and oxygen atoms in total. The van der Waals surface area contributed by atoms with E-state index in [1.165, 1.54) is 24.3 Å². The summed E-state index contributed by atoms with van der Waals surface area (Å²) >= 11 is 0. The van der Waals surface area contributed by atoms with Crippen LogP contribution in [0.2, 0.25) is 0 Å². The topological polar surface area (TPSA) is 35.5 Å². The second-order valence-electron chi connectivity index (χ2n) is 7.13. The molecule has 0 saturated carbocycles. The molecule has 3 rings (SSSR count). The Labute approximate surface area is 164 Å². The lowest BCUT2D eigenvalue weighted by molar-refractivity contribution is -0.141. The highest BCUT2D eigenvalue weighted by Crippen LogP contribution is 2.40. The Bertz CT molecular complexity index is 828. The van der Waals surface area contributed by atoms with Crippen LogP contribution in [0.5, 0.6) is 0 Å². The molecule has 1 fully saturated rings. The fourth-order valence-electron chi connectivity index (χ4n) is 3.48. The van der Waals surface area contributed by atoms with Crippen molar-refractivity contribution in [1.29, 1.82) is 0 Å². The molecule has 1 aliphatic rings. The van der Waals surface area contributed by atoms with Crippen LogP contribution in [0.1, 0.15) is 31.1 Å². The monoisotopic (exact) mass is 386 g/mol. The first-order chi connectivity index (χ1) is 13.5. The third kappa shape index (κ3) is 4.84. The minimum absolute atomic E-state index is 0.0795. The minimum Gasteiger partial charge on any atom is -0.462 e. The summed E-state index contributed by atoms with van der Waals surface area (Å²) < 4.78 is 38.0. The van der Waals surface area contributed by atoms with Gasteiger partial charge in [-0.3, -0.25) is 0 Å². The molecule has 1 saturated heterocycles. The van der Waals surface area contributed by atoms with Crippen molar-refractivity contribution in [3.63, 3.8) is 0 Å². The van der Waals surface area contributed by atoms with Gasteiger partial charge in [-0.2, -0.15) is 0 Å². The maximum Gasteiger partial charge on any atom is 0.333 e. The van der Waals surface area contributed by atoms with Crippen molar-refractivity contribution in [1.82, 2.24) is 0 Å². The smallest absolute Gasteiger partial charge is 0.333 e. The highest BCUT2D eigenvalue weighted by molar-refractivity contribution is 5.87. The molecule has 0 aromatic heterocycles. The van der Waals surface area contributed by atoms with Crippen LogP contribution in [0.25, 0.3) is 0 Å². The fourth-order valence-corrected chi connectivity index (χ4v) is 3.48. The Morgan fingerprint density at radius 1 is 1.11 bits per heavy atom. The lowest BCUT2D eigenvalue weighted by Gasteiger charge is -2.23. The van der Waals surface area contributed by atoms with E-state index in [0.29, 0.717) is 18.6 Å². The second-order valence-corrected chi connectivity index (χ2v) is 7.13. The number of carbonyl (C=O) groups excluding carboxylic acids is 1. The van der Waals surface area contributed by atoms with Gasteiger partial charge in [0.05, 0.1) is 19.3 Å². The fraction of sp³-hybridized carbons (Fsp3) is 0.348. The number of hydrogen-bond donors (Lipinski definition) is 0. The van der Waals surface area contributed by atoms with Crippen molar-refractivity contribution >= 4 is 5.97 Å². The summed E-state index contributed by atoms with van der Waals surface area (Å²) in [5.41, 5.74) is 2.40. The van der Waals surface area contributed by atoms with Crippen LogP contribution in [0.4, 0.5) is 8.78 Å². The summed E-state index contributed by atoms with van der Waals surface area (Å²) in [4.78, 5) is 12.1. The maximum atomic E-state index is 13.3. The molecule has 3 atom stereocenters. The summed E-state index contributed by atoms with van der Waals surface area (Å²) in [6, 6.07) is 12.6. The van der Waals surface area contributed by atoms with Crippen LogP contribution in [-0.4, -0.2) is 19.2 Å². The van der Waals surface area contributed by atoms with E-state index < -0.39 is 0 Å². The van der Waals surface area contributed by atoms with Crippen molar-refractivity contribution in [3.05, 3.63) is 82.9 Å². The average Bonchev–Trinajstić information content (AvgIpc) is 3.10. The van der Waals surface area contributed by atoms with Gasteiger partial charge in [-0.1, -0.05) is 30.3 Å². The number of benzene rings is 2. The summed E-state index contributed by atoms with van der Waals surface area (Å²) in [6.45, 7) is 4.19. The molecule has 0 spiro atoms. The molecule has 1 heterocycles. The van der Waals surface area contributed by atoms with Gasteiger partial charge in [-0.05, 0) is 61.6 Å².